The first-order chi connectivity index (χ1) is 13.1. The van der Waals surface area contributed by atoms with Crippen molar-refractivity contribution < 1.29 is 4.79 Å². The average molecular weight is 359 g/mol. The lowest BCUT2D eigenvalue weighted by atomic mass is 9.81. The molecule has 2 heterocycles. The van der Waals surface area contributed by atoms with Gasteiger partial charge in [-0.1, -0.05) is 30.3 Å². The van der Waals surface area contributed by atoms with Crippen LogP contribution in [0, 0.1) is 11.3 Å². The fraction of sp³-hybridized carbons (Fsp3) is 0.391. The standard InChI is InChI=1S/C23H25N3O/c1-25-17-21(19-5-3-2-4-6-19)15-23(25)11-13-26(14-12-23)22(27)20-9-7-18(16-24)8-10-20/h2-10,21H,11-15,17H2,1H3. The molecule has 1 amide bonds. The number of benzene rings is 2. The molecule has 4 nitrogen and oxygen atoms in total. The lowest BCUT2D eigenvalue weighted by Gasteiger charge is -2.43. The summed E-state index contributed by atoms with van der Waals surface area (Å²) < 4.78 is 0. The van der Waals surface area contributed by atoms with Gasteiger partial charge in [-0.15, -0.1) is 0 Å². The summed E-state index contributed by atoms with van der Waals surface area (Å²) in [6, 6.07) is 19.9. The number of carbonyl (C=O) groups is 1. The molecule has 2 saturated heterocycles. The van der Waals surface area contributed by atoms with E-state index in [0.717, 1.165) is 32.5 Å². The van der Waals surface area contributed by atoms with Gasteiger partial charge in [0.15, 0.2) is 0 Å². The number of hydrogen-bond acceptors (Lipinski definition) is 3. The van der Waals surface area contributed by atoms with Crippen molar-refractivity contribution in [1.82, 2.24) is 9.80 Å². The molecule has 2 aliphatic heterocycles. The van der Waals surface area contributed by atoms with Gasteiger partial charge < -0.3 is 4.90 Å². The number of rotatable bonds is 2. The van der Waals surface area contributed by atoms with Crippen LogP contribution in [-0.2, 0) is 0 Å². The van der Waals surface area contributed by atoms with Crippen molar-refractivity contribution in [3.8, 4) is 6.07 Å². The Kier molecular flexibility index (Phi) is 4.72. The molecule has 2 aliphatic rings. The molecule has 0 saturated carbocycles. The van der Waals surface area contributed by atoms with Gasteiger partial charge in [0.1, 0.15) is 0 Å². The zero-order chi connectivity index (χ0) is 18.9. The number of likely N-dealkylation sites (tertiary alicyclic amines) is 2. The SMILES string of the molecule is CN1CC(c2ccccc2)CC12CCN(C(=O)c1ccc(C#N)cc1)CC2. The summed E-state index contributed by atoms with van der Waals surface area (Å²) in [5.74, 6) is 0.659. The van der Waals surface area contributed by atoms with Crippen LogP contribution in [0.4, 0.5) is 0 Å². The number of piperidine rings is 1. The first-order valence-corrected chi connectivity index (χ1v) is 9.67. The van der Waals surface area contributed by atoms with Gasteiger partial charge in [-0.3, -0.25) is 9.69 Å². The van der Waals surface area contributed by atoms with Crippen LogP contribution in [0.1, 0.15) is 46.7 Å². The van der Waals surface area contributed by atoms with Crippen molar-refractivity contribution in [3.05, 3.63) is 71.3 Å². The third kappa shape index (κ3) is 3.36. The van der Waals surface area contributed by atoms with Crippen LogP contribution in [0.5, 0.6) is 0 Å². The lowest BCUT2D eigenvalue weighted by molar-refractivity contribution is 0.0492. The van der Waals surface area contributed by atoms with Gasteiger partial charge >= 0.3 is 0 Å². The molecule has 4 heteroatoms. The Hall–Kier alpha value is -2.64. The third-order valence-corrected chi connectivity index (χ3v) is 6.44. The van der Waals surface area contributed by atoms with Crippen molar-refractivity contribution in [2.45, 2.75) is 30.7 Å². The lowest BCUT2D eigenvalue weighted by Crippen LogP contribution is -2.52. The van der Waals surface area contributed by atoms with E-state index in [4.69, 9.17) is 5.26 Å². The molecular weight excluding hydrogens is 334 g/mol. The molecule has 2 aromatic carbocycles. The van der Waals surface area contributed by atoms with Crippen LogP contribution < -0.4 is 0 Å². The Balaban J connectivity index is 1.42. The molecule has 1 unspecified atom stereocenters. The number of carbonyl (C=O) groups excluding carboxylic acids is 1. The van der Waals surface area contributed by atoms with Gasteiger partial charge in [0, 0.05) is 30.7 Å². The topological polar surface area (TPSA) is 47.3 Å². The molecule has 1 spiro atoms. The molecular formula is C23H25N3O. The third-order valence-electron chi connectivity index (χ3n) is 6.44. The molecule has 0 N–H and O–H groups in total. The smallest absolute Gasteiger partial charge is 0.253 e. The number of hydrogen-bond donors (Lipinski definition) is 0. The number of nitrogens with zero attached hydrogens (tertiary/aromatic N) is 3. The molecule has 2 aromatic rings. The van der Waals surface area contributed by atoms with Crippen LogP contribution in [0.25, 0.3) is 0 Å². The summed E-state index contributed by atoms with van der Waals surface area (Å²) in [6.45, 7) is 2.68. The molecule has 0 aliphatic carbocycles. The van der Waals surface area contributed by atoms with E-state index in [-0.39, 0.29) is 11.4 Å². The molecule has 0 radical (unpaired) electrons. The minimum Gasteiger partial charge on any atom is -0.339 e. The Bertz CT molecular complexity index is 845. The Labute approximate surface area is 161 Å². The predicted octanol–water partition coefficient (Wildman–Crippen LogP) is 3.65. The highest BCUT2D eigenvalue weighted by Crippen LogP contribution is 2.44. The molecule has 0 aromatic heterocycles. The van der Waals surface area contributed by atoms with E-state index in [0.29, 0.717) is 17.0 Å². The highest BCUT2D eigenvalue weighted by Gasteiger charge is 2.46. The zero-order valence-corrected chi connectivity index (χ0v) is 15.8. The fourth-order valence-corrected chi connectivity index (χ4v) is 4.73. The first kappa shape index (κ1) is 17.8. The molecule has 0 bridgehead atoms. The number of nitriles is 1. The summed E-state index contributed by atoms with van der Waals surface area (Å²) in [5, 5.41) is 8.91. The highest BCUT2D eigenvalue weighted by atomic mass is 16.2. The summed E-state index contributed by atoms with van der Waals surface area (Å²) in [7, 11) is 2.24. The minimum absolute atomic E-state index is 0.0783. The monoisotopic (exact) mass is 359 g/mol. The van der Waals surface area contributed by atoms with Crippen molar-refractivity contribution in [2.24, 2.45) is 0 Å². The number of likely N-dealkylation sites (N-methyl/N-ethyl adjacent to an activating group) is 1. The van der Waals surface area contributed by atoms with Gasteiger partial charge in [0.2, 0.25) is 0 Å². The average Bonchev–Trinajstić information content (AvgIpc) is 3.05. The van der Waals surface area contributed by atoms with E-state index in [2.05, 4.69) is 48.3 Å². The van der Waals surface area contributed by atoms with E-state index in [1.54, 1.807) is 24.3 Å². The fourth-order valence-electron chi connectivity index (χ4n) is 4.73. The Morgan fingerprint density at radius 2 is 1.74 bits per heavy atom. The normalized spacial score (nSPS) is 21.9. The summed E-state index contributed by atoms with van der Waals surface area (Å²) in [6.07, 6.45) is 3.22. The maximum absolute atomic E-state index is 12.8. The molecule has 2 fully saturated rings. The summed E-state index contributed by atoms with van der Waals surface area (Å²) >= 11 is 0. The van der Waals surface area contributed by atoms with Gasteiger partial charge in [0.05, 0.1) is 11.6 Å². The van der Waals surface area contributed by atoms with Crippen molar-refractivity contribution in [2.75, 3.05) is 26.7 Å². The largest absolute Gasteiger partial charge is 0.339 e. The van der Waals surface area contributed by atoms with Gasteiger partial charge in [0.25, 0.3) is 5.91 Å². The second-order valence-electron chi connectivity index (χ2n) is 7.90. The van der Waals surface area contributed by atoms with Gasteiger partial charge in [-0.05, 0) is 62.1 Å². The predicted molar refractivity (Wildman–Crippen MR) is 105 cm³/mol. The van der Waals surface area contributed by atoms with Crippen molar-refractivity contribution in [1.29, 1.82) is 5.26 Å². The van der Waals surface area contributed by atoms with Crippen LogP contribution in [0.15, 0.2) is 54.6 Å². The van der Waals surface area contributed by atoms with E-state index >= 15 is 0 Å². The van der Waals surface area contributed by atoms with Gasteiger partial charge in [-0.25, -0.2) is 0 Å². The summed E-state index contributed by atoms with van der Waals surface area (Å²) in [4.78, 5) is 17.3. The summed E-state index contributed by atoms with van der Waals surface area (Å²) in [5.41, 5.74) is 2.90. The number of amides is 1. The first-order valence-electron chi connectivity index (χ1n) is 9.67. The van der Waals surface area contributed by atoms with Crippen LogP contribution in [-0.4, -0.2) is 47.9 Å². The molecule has 138 valence electrons. The van der Waals surface area contributed by atoms with Crippen LogP contribution in [0.3, 0.4) is 0 Å². The molecule has 4 rings (SSSR count). The Morgan fingerprint density at radius 3 is 2.37 bits per heavy atom. The second kappa shape index (κ2) is 7.17. The van der Waals surface area contributed by atoms with E-state index in [1.165, 1.54) is 12.0 Å². The van der Waals surface area contributed by atoms with Crippen molar-refractivity contribution in [3.63, 3.8) is 0 Å². The van der Waals surface area contributed by atoms with Crippen LogP contribution in [0.2, 0.25) is 0 Å². The second-order valence-corrected chi connectivity index (χ2v) is 7.90. The Morgan fingerprint density at radius 1 is 1.07 bits per heavy atom. The maximum atomic E-state index is 12.8. The molecule has 1 atom stereocenters. The van der Waals surface area contributed by atoms with E-state index in [9.17, 15) is 4.79 Å². The van der Waals surface area contributed by atoms with Gasteiger partial charge in [-0.2, -0.15) is 5.26 Å². The molecule has 27 heavy (non-hydrogen) atoms. The quantitative estimate of drug-likeness (QED) is 0.822. The van der Waals surface area contributed by atoms with E-state index in [1.807, 2.05) is 4.90 Å². The maximum Gasteiger partial charge on any atom is 0.253 e. The highest BCUT2D eigenvalue weighted by molar-refractivity contribution is 5.94. The van der Waals surface area contributed by atoms with E-state index < -0.39 is 0 Å². The minimum atomic E-state index is 0.0783. The zero-order valence-electron chi connectivity index (χ0n) is 15.8. The van der Waals surface area contributed by atoms with Crippen molar-refractivity contribution >= 4 is 5.91 Å². The van der Waals surface area contributed by atoms with Crippen LogP contribution >= 0.6 is 0 Å².